The van der Waals surface area contributed by atoms with Crippen LogP contribution in [0.4, 0.5) is 0 Å². The zero-order valence-electron chi connectivity index (χ0n) is 6.48. The summed E-state index contributed by atoms with van der Waals surface area (Å²) in [6.45, 7) is 10.3. The van der Waals surface area contributed by atoms with Crippen LogP contribution in [0.5, 0.6) is 0 Å². The van der Waals surface area contributed by atoms with E-state index in [1.807, 2.05) is 0 Å². The molecule has 0 N–H and O–H groups in total. The molecule has 0 amide bonds. The van der Waals surface area contributed by atoms with Crippen LogP contribution in [0.3, 0.4) is 0 Å². The molecule has 0 atom stereocenters. The van der Waals surface area contributed by atoms with Gasteiger partial charge >= 0.3 is 0 Å². The van der Waals surface area contributed by atoms with Crippen LogP contribution in [0, 0.1) is 5.41 Å². The summed E-state index contributed by atoms with van der Waals surface area (Å²) in [7, 11) is 0. The van der Waals surface area contributed by atoms with Gasteiger partial charge in [-0.2, -0.15) is 0 Å². The van der Waals surface area contributed by atoms with Gasteiger partial charge in [-0.1, -0.05) is 20.8 Å². The molecule has 0 aromatic heterocycles. The third-order valence-corrected chi connectivity index (χ3v) is 1.50. The highest BCUT2D eigenvalue weighted by Gasteiger charge is 2.14. The van der Waals surface area contributed by atoms with E-state index in [2.05, 4.69) is 32.6 Å². The molecular weight excluding hydrogens is 114 g/mol. The molecule has 0 aliphatic carbocycles. The maximum Gasteiger partial charge on any atom is 0.122 e. The first kappa shape index (κ1) is 8.47. The zero-order valence-corrected chi connectivity index (χ0v) is 6.48. The zero-order chi connectivity index (χ0) is 7.33. The summed E-state index contributed by atoms with van der Waals surface area (Å²) in [5, 5.41) is 3.32. The Morgan fingerprint density at radius 1 is 1.56 bits per heavy atom. The summed E-state index contributed by atoms with van der Waals surface area (Å²) < 4.78 is 0. The van der Waals surface area contributed by atoms with Gasteiger partial charge in [0.05, 0.1) is 0 Å². The van der Waals surface area contributed by atoms with Crippen LogP contribution in [0.2, 0.25) is 0 Å². The van der Waals surface area contributed by atoms with Crippen molar-refractivity contribution in [3.63, 3.8) is 0 Å². The number of nitrogens with zero attached hydrogens (tertiary/aromatic N) is 1. The second-order valence-electron chi connectivity index (χ2n) is 2.92. The second kappa shape index (κ2) is 3.49. The molecule has 0 aromatic rings. The van der Waals surface area contributed by atoms with Crippen molar-refractivity contribution in [2.24, 2.45) is 10.6 Å². The molecule has 54 valence electrons. The van der Waals surface area contributed by atoms with E-state index in [-0.39, 0.29) is 5.41 Å². The van der Waals surface area contributed by atoms with Crippen LogP contribution in [-0.2, 0) is 4.84 Å². The smallest absolute Gasteiger partial charge is 0.122 e. The molecule has 0 aliphatic rings. The minimum absolute atomic E-state index is 0.237. The number of hydrogen-bond donors (Lipinski definition) is 0. The molecule has 0 rings (SSSR count). The Morgan fingerprint density at radius 3 is 2.44 bits per heavy atom. The summed E-state index contributed by atoms with van der Waals surface area (Å²) in [6, 6.07) is 0. The minimum atomic E-state index is 0.237. The summed E-state index contributed by atoms with van der Waals surface area (Å²) in [5.41, 5.74) is 0.237. The molecule has 2 heteroatoms. The Bertz CT molecular complexity index is 88.9. The van der Waals surface area contributed by atoms with E-state index in [9.17, 15) is 0 Å². The van der Waals surface area contributed by atoms with E-state index < -0.39 is 0 Å². The summed E-state index contributed by atoms with van der Waals surface area (Å²) in [4.78, 5) is 4.80. The average Bonchev–Trinajstić information content (AvgIpc) is 1.84. The fourth-order valence-corrected chi connectivity index (χ4v) is 0.322. The van der Waals surface area contributed by atoms with Gasteiger partial charge in [0, 0.05) is 12.1 Å². The van der Waals surface area contributed by atoms with Crippen LogP contribution >= 0.6 is 0 Å². The van der Waals surface area contributed by atoms with Gasteiger partial charge in [-0.05, 0) is 6.42 Å². The van der Waals surface area contributed by atoms with E-state index in [0.717, 1.165) is 6.42 Å². The minimum Gasteiger partial charge on any atom is -0.396 e. The maximum atomic E-state index is 4.80. The highest BCUT2D eigenvalue weighted by atomic mass is 16.6. The first-order valence-corrected chi connectivity index (χ1v) is 3.20. The Kier molecular flexibility index (Phi) is 3.28. The SMILES string of the molecule is C=NOCC(C)(C)CC. The molecule has 0 radical (unpaired) electrons. The molecule has 0 unspecified atom stereocenters. The summed E-state index contributed by atoms with van der Waals surface area (Å²) in [6.07, 6.45) is 1.10. The van der Waals surface area contributed by atoms with Gasteiger partial charge in [-0.3, -0.25) is 0 Å². The van der Waals surface area contributed by atoms with Crippen LogP contribution < -0.4 is 0 Å². The Morgan fingerprint density at radius 2 is 2.11 bits per heavy atom. The molecule has 0 fully saturated rings. The lowest BCUT2D eigenvalue weighted by Gasteiger charge is -2.19. The molecule has 0 bridgehead atoms. The van der Waals surface area contributed by atoms with Crippen molar-refractivity contribution >= 4 is 6.72 Å². The van der Waals surface area contributed by atoms with E-state index in [0.29, 0.717) is 6.61 Å². The molecule has 0 aliphatic heterocycles. The lowest BCUT2D eigenvalue weighted by molar-refractivity contribution is 0.0673. The molecule has 0 heterocycles. The van der Waals surface area contributed by atoms with Gasteiger partial charge in [-0.25, -0.2) is 0 Å². The van der Waals surface area contributed by atoms with Crippen LogP contribution in [0.15, 0.2) is 5.16 Å². The quantitative estimate of drug-likeness (QED) is 0.420. The third kappa shape index (κ3) is 4.01. The van der Waals surface area contributed by atoms with Crippen molar-refractivity contribution < 1.29 is 4.84 Å². The molecule has 0 saturated heterocycles. The van der Waals surface area contributed by atoms with Gasteiger partial charge in [0.25, 0.3) is 0 Å². The van der Waals surface area contributed by atoms with Crippen LogP contribution in [0.25, 0.3) is 0 Å². The largest absolute Gasteiger partial charge is 0.396 e. The normalized spacial score (nSPS) is 11.0. The second-order valence-corrected chi connectivity index (χ2v) is 2.92. The topological polar surface area (TPSA) is 21.6 Å². The van der Waals surface area contributed by atoms with Gasteiger partial charge in [-0.15, -0.1) is 5.16 Å². The van der Waals surface area contributed by atoms with Crippen molar-refractivity contribution in [3.8, 4) is 0 Å². The summed E-state index contributed by atoms with van der Waals surface area (Å²) >= 11 is 0. The van der Waals surface area contributed by atoms with Gasteiger partial charge < -0.3 is 4.84 Å². The molecule has 0 spiro atoms. The monoisotopic (exact) mass is 129 g/mol. The highest BCUT2D eigenvalue weighted by Crippen LogP contribution is 2.19. The summed E-state index contributed by atoms with van der Waals surface area (Å²) in [5.74, 6) is 0. The first-order valence-electron chi connectivity index (χ1n) is 3.20. The average molecular weight is 129 g/mol. The van der Waals surface area contributed by atoms with Crippen molar-refractivity contribution in [1.82, 2.24) is 0 Å². The molecular formula is C7H15NO. The van der Waals surface area contributed by atoms with Crippen molar-refractivity contribution in [2.45, 2.75) is 27.2 Å². The molecule has 0 saturated carbocycles. The van der Waals surface area contributed by atoms with E-state index in [1.165, 1.54) is 0 Å². The highest BCUT2D eigenvalue weighted by molar-refractivity contribution is 5.21. The van der Waals surface area contributed by atoms with E-state index in [1.54, 1.807) is 0 Å². The fraction of sp³-hybridized carbons (Fsp3) is 0.857. The lowest BCUT2D eigenvalue weighted by atomic mass is 9.92. The molecule has 9 heavy (non-hydrogen) atoms. The van der Waals surface area contributed by atoms with Crippen LogP contribution in [-0.4, -0.2) is 13.3 Å². The van der Waals surface area contributed by atoms with Gasteiger partial charge in [0.1, 0.15) is 6.61 Å². The Balaban J connectivity index is 3.44. The van der Waals surface area contributed by atoms with E-state index in [4.69, 9.17) is 4.84 Å². The predicted molar refractivity (Wildman–Crippen MR) is 39.6 cm³/mol. The number of rotatable bonds is 4. The fourth-order valence-electron chi connectivity index (χ4n) is 0.322. The lowest BCUT2D eigenvalue weighted by Crippen LogP contribution is -2.16. The number of oxime groups is 1. The van der Waals surface area contributed by atoms with Crippen molar-refractivity contribution in [1.29, 1.82) is 0 Å². The molecule has 0 aromatic carbocycles. The number of hydrogen-bond acceptors (Lipinski definition) is 2. The Labute approximate surface area is 56.9 Å². The van der Waals surface area contributed by atoms with Crippen LogP contribution in [0.1, 0.15) is 27.2 Å². The van der Waals surface area contributed by atoms with Crippen molar-refractivity contribution in [3.05, 3.63) is 0 Å². The maximum absolute atomic E-state index is 4.80. The van der Waals surface area contributed by atoms with Crippen molar-refractivity contribution in [2.75, 3.05) is 6.61 Å². The first-order chi connectivity index (χ1) is 4.12. The standard InChI is InChI=1S/C7H15NO/c1-5-7(2,3)6-9-8-4/h4-6H2,1-3H3. The van der Waals surface area contributed by atoms with Gasteiger partial charge in [0.15, 0.2) is 0 Å². The van der Waals surface area contributed by atoms with Gasteiger partial charge in [0.2, 0.25) is 0 Å². The third-order valence-electron chi connectivity index (χ3n) is 1.50. The predicted octanol–water partition coefficient (Wildman–Crippen LogP) is 2.05. The Hall–Kier alpha value is -0.530. The molecule has 2 nitrogen and oxygen atoms in total. The van der Waals surface area contributed by atoms with E-state index >= 15 is 0 Å².